The van der Waals surface area contributed by atoms with Crippen LogP contribution in [0.5, 0.6) is 0 Å². The van der Waals surface area contributed by atoms with E-state index in [1.54, 1.807) is 0 Å². The summed E-state index contributed by atoms with van der Waals surface area (Å²) in [6.07, 6.45) is 4.49. The average molecular weight is 526 g/mol. The Balaban J connectivity index is 0.00000240. The molecule has 1 atom stereocenters. The highest BCUT2D eigenvalue weighted by Gasteiger charge is 2.26. The van der Waals surface area contributed by atoms with Gasteiger partial charge in [-0.3, -0.25) is 9.89 Å². The van der Waals surface area contributed by atoms with Crippen molar-refractivity contribution in [1.82, 2.24) is 20.1 Å². The van der Waals surface area contributed by atoms with Gasteiger partial charge in [0.05, 0.1) is 6.04 Å². The summed E-state index contributed by atoms with van der Waals surface area (Å²) in [5, 5.41) is 5.85. The molecule has 2 aliphatic heterocycles. The van der Waals surface area contributed by atoms with Crippen LogP contribution < -0.4 is 10.2 Å². The van der Waals surface area contributed by atoms with Gasteiger partial charge >= 0.3 is 0 Å². The molecule has 6 nitrogen and oxygen atoms in total. The Labute approximate surface area is 195 Å². The molecule has 4 heterocycles. The van der Waals surface area contributed by atoms with E-state index in [4.69, 9.17) is 0 Å². The predicted molar refractivity (Wildman–Crippen MR) is 133 cm³/mol. The van der Waals surface area contributed by atoms with Gasteiger partial charge < -0.3 is 15.1 Å². The molecule has 29 heavy (non-hydrogen) atoms. The number of halogens is 1. The molecule has 158 valence electrons. The molecule has 0 radical (unpaired) electrons. The molecule has 0 aromatic carbocycles. The predicted octanol–water partition coefficient (Wildman–Crippen LogP) is 3.30. The number of guanidine groups is 1. The lowest BCUT2D eigenvalue weighted by atomic mass is 10.2. The van der Waals surface area contributed by atoms with Gasteiger partial charge in [0.1, 0.15) is 5.82 Å². The third kappa shape index (κ3) is 5.61. The first-order chi connectivity index (χ1) is 13.8. The Morgan fingerprint density at radius 2 is 1.90 bits per heavy atom. The van der Waals surface area contributed by atoms with E-state index in [9.17, 15) is 0 Å². The highest BCUT2D eigenvalue weighted by molar-refractivity contribution is 14.0. The number of hydrogen-bond acceptors (Lipinski definition) is 5. The van der Waals surface area contributed by atoms with Crippen LogP contribution in [0.4, 0.5) is 5.82 Å². The first kappa shape index (κ1) is 22.3. The van der Waals surface area contributed by atoms with Crippen molar-refractivity contribution in [2.75, 3.05) is 57.8 Å². The van der Waals surface area contributed by atoms with Crippen LogP contribution in [0.25, 0.3) is 0 Å². The summed E-state index contributed by atoms with van der Waals surface area (Å²) >= 11 is 1.86. The second kappa shape index (κ2) is 11.1. The van der Waals surface area contributed by atoms with E-state index in [0.717, 1.165) is 44.5 Å². The van der Waals surface area contributed by atoms with E-state index in [-0.39, 0.29) is 24.0 Å². The van der Waals surface area contributed by atoms with Gasteiger partial charge in [0, 0.05) is 50.8 Å². The zero-order chi connectivity index (χ0) is 19.2. The van der Waals surface area contributed by atoms with Crippen LogP contribution in [0.2, 0.25) is 0 Å². The average Bonchev–Trinajstić information content (AvgIpc) is 3.47. The maximum Gasteiger partial charge on any atom is 0.193 e. The Morgan fingerprint density at radius 3 is 2.52 bits per heavy atom. The van der Waals surface area contributed by atoms with Gasteiger partial charge in [-0.2, -0.15) is 0 Å². The summed E-state index contributed by atoms with van der Waals surface area (Å²) in [7, 11) is 1.89. The molecule has 4 rings (SSSR count). The number of pyridine rings is 1. The molecule has 0 spiro atoms. The quantitative estimate of drug-likeness (QED) is 0.368. The van der Waals surface area contributed by atoms with Crippen LogP contribution in [-0.4, -0.2) is 73.6 Å². The second-order valence-electron chi connectivity index (χ2n) is 7.36. The third-order valence-electron chi connectivity index (χ3n) is 5.67. The molecule has 2 aromatic heterocycles. The lowest BCUT2D eigenvalue weighted by Crippen LogP contribution is -2.53. The van der Waals surface area contributed by atoms with Crippen molar-refractivity contribution >= 4 is 47.1 Å². The van der Waals surface area contributed by atoms with E-state index in [0.29, 0.717) is 6.04 Å². The van der Waals surface area contributed by atoms with E-state index >= 15 is 0 Å². The summed E-state index contributed by atoms with van der Waals surface area (Å²) in [5.74, 6) is 2.08. The number of nitrogens with one attached hydrogen (secondary N) is 1. The lowest BCUT2D eigenvalue weighted by Gasteiger charge is -2.37. The van der Waals surface area contributed by atoms with Crippen LogP contribution in [0.1, 0.15) is 23.8 Å². The number of likely N-dealkylation sites (tertiary alicyclic amines) is 1. The van der Waals surface area contributed by atoms with Gasteiger partial charge in [0.2, 0.25) is 0 Å². The van der Waals surface area contributed by atoms with Gasteiger partial charge in [-0.15, -0.1) is 35.3 Å². The molecular weight excluding hydrogens is 495 g/mol. The maximum absolute atomic E-state index is 4.57. The highest BCUT2D eigenvalue weighted by Crippen LogP contribution is 2.27. The number of nitrogens with zero attached hydrogens (tertiary/aromatic N) is 5. The fraction of sp³-hybridized carbons (Fsp3) is 0.524. The van der Waals surface area contributed by atoms with Gasteiger partial charge in [-0.1, -0.05) is 12.1 Å². The number of aliphatic imine (C=N–C) groups is 1. The summed E-state index contributed by atoms with van der Waals surface area (Å²) in [6, 6.07) is 11.0. The Hall–Kier alpha value is -1.39. The molecule has 0 saturated carbocycles. The van der Waals surface area contributed by atoms with Crippen molar-refractivity contribution in [1.29, 1.82) is 0 Å². The first-order valence-corrected chi connectivity index (χ1v) is 11.1. The zero-order valence-corrected chi connectivity index (χ0v) is 20.2. The number of piperazine rings is 1. The lowest BCUT2D eigenvalue weighted by molar-refractivity contribution is 0.246. The van der Waals surface area contributed by atoms with E-state index < -0.39 is 0 Å². The van der Waals surface area contributed by atoms with Crippen molar-refractivity contribution in [3.8, 4) is 0 Å². The van der Waals surface area contributed by atoms with Gasteiger partial charge in [0.25, 0.3) is 0 Å². The molecule has 8 heteroatoms. The fourth-order valence-electron chi connectivity index (χ4n) is 4.15. The normalized spacial score (nSPS) is 19.1. The molecule has 2 aromatic rings. The van der Waals surface area contributed by atoms with Gasteiger partial charge in [-0.25, -0.2) is 4.98 Å². The van der Waals surface area contributed by atoms with E-state index in [1.165, 1.54) is 30.8 Å². The number of rotatable bonds is 5. The van der Waals surface area contributed by atoms with Crippen molar-refractivity contribution in [3.05, 3.63) is 46.8 Å². The second-order valence-corrected chi connectivity index (χ2v) is 8.34. The van der Waals surface area contributed by atoms with Crippen molar-refractivity contribution in [2.45, 2.75) is 18.9 Å². The molecular formula is C21H31IN6S. The van der Waals surface area contributed by atoms with Gasteiger partial charge in [-0.05, 0) is 49.5 Å². The summed E-state index contributed by atoms with van der Waals surface area (Å²) in [6.45, 7) is 7.18. The number of hydrogen-bond donors (Lipinski definition) is 1. The smallest absolute Gasteiger partial charge is 0.193 e. The Bertz CT molecular complexity index is 740. The van der Waals surface area contributed by atoms with Crippen molar-refractivity contribution < 1.29 is 0 Å². The summed E-state index contributed by atoms with van der Waals surface area (Å²) in [5.41, 5.74) is 0. The highest BCUT2D eigenvalue weighted by atomic mass is 127. The topological polar surface area (TPSA) is 47.0 Å². The molecule has 2 saturated heterocycles. The molecule has 0 aliphatic carbocycles. The maximum atomic E-state index is 4.57. The largest absolute Gasteiger partial charge is 0.354 e. The summed E-state index contributed by atoms with van der Waals surface area (Å²) < 4.78 is 0. The Morgan fingerprint density at radius 1 is 1.10 bits per heavy atom. The minimum Gasteiger partial charge on any atom is -0.354 e. The molecule has 0 bridgehead atoms. The molecule has 0 amide bonds. The van der Waals surface area contributed by atoms with Crippen molar-refractivity contribution in [2.24, 2.45) is 4.99 Å². The Kier molecular flexibility index (Phi) is 8.55. The molecule has 2 aliphatic rings. The van der Waals surface area contributed by atoms with Crippen LogP contribution >= 0.6 is 35.3 Å². The van der Waals surface area contributed by atoms with Crippen molar-refractivity contribution in [3.63, 3.8) is 0 Å². The number of thiophene rings is 1. The van der Waals surface area contributed by atoms with E-state index in [1.807, 2.05) is 30.6 Å². The molecule has 1 unspecified atom stereocenters. The number of aromatic nitrogens is 1. The monoisotopic (exact) mass is 526 g/mol. The van der Waals surface area contributed by atoms with Crippen LogP contribution in [0, 0.1) is 0 Å². The van der Waals surface area contributed by atoms with Crippen LogP contribution in [0.3, 0.4) is 0 Å². The zero-order valence-electron chi connectivity index (χ0n) is 17.0. The molecule has 1 N–H and O–H groups in total. The third-order valence-corrected chi connectivity index (χ3v) is 6.64. The first-order valence-electron chi connectivity index (χ1n) is 10.2. The SMILES string of the molecule is CN=C(NCC(c1cccs1)N1CCCC1)N1CCN(c2ccccn2)CC1.I. The van der Waals surface area contributed by atoms with Gasteiger partial charge in [0.15, 0.2) is 5.96 Å². The minimum absolute atomic E-state index is 0. The standard InChI is InChI=1S/C21H30N6S.HI/c1-22-21(27-14-12-26(13-15-27)20-8-2-3-9-23-20)24-17-18(19-7-6-16-28-19)25-10-4-5-11-25;/h2-3,6-9,16,18H,4-5,10-15,17H2,1H3,(H,22,24);1H. The summed E-state index contributed by atoms with van der Waals surface area (Å²) in [4.78, 5) is 17.8. The minimum atomic E-state index is 0. The van der Waals surface area contributed by atoms with E-state index in [2.05, 4.69) is 59.6 Å². The van der Waals surface area contributed by atoms with Crippen LogP contribution in [0.15, 0.2) is 46.9 Å². The number of anilines is 1. The fourth-order valence-corrected chi connectivity index (χ4v) is 5.01. The molecule has 2 fully saturated rings. The van der Waals surface area contributed by atoms with Crippen LogP contribution in [-0.2, 0) is 0 Å².